The van der Waals surface area contributed by atoms with Crippen molar-refractivity contribution < 1.29 is 29.3 Å². The summed E-state index contributed by atoms with van der Waals surface area (Å²) >= 11 is 0. The van der Waals surface area contributed by atoms with Gasteiger partial charge in [0.25, 0.3) is 0 Å². The second-order valence-corrected chi connectivity index (χ2v) is 4.29. The molecule has 0 saturated heterocycles. The van der Waals surface area contributed by atoms with E-state index in [1.54, 1.807) is 0 Å². The van der Waals surface area contributed by atoms with Crippen LogP contribution in [0.15, 0.2) is 18.2 Å². The SMILES string of the molecule is CC(=O)NCCC(O)C(O)c1cccc(F)c1C(=O)O. The van der Waals surface area contributed by atoms with Crippen molar-refractivity contribution in [3.8, 4) is 0 Å². The van der Waals surface area contributed by atoms with Crippen LogP contribution in [0.2, 0.25) is 0 Å². The highest BCUT2D eigenvalue weighted by Crippen LogP contribution is 2.24. The summed E-state index contributed by atoms with van der Waals surface area (Å²) in [6.07, 6.45) is -2.86. The van der Waals surface area contributed by atoms with E-state index < -0.39 is 29.6 Å². The average molecular weight is 285 g/mol. The molecular formula is C13H16FNO5. The van der Waals surface area contributed by atoms with Gasteiger partial charge >= 0.3 is 5.97 Å². The highest BCUT2D eigenvalue weighted by Gasteiger charge is 2.25. The lowest BCUT2D eigenvalue weighted by Gasteiger charge is -2.20. The molecule has 0 aliphatic carbocycles. The Labute approximate surface area is 114 Å². The van der Waals surface area contributed by atoms with Crippen molar-refractivity contribution in [1.29, 1.82) is 0 Å². The molecule has 1 aromatic rings. The van der Waals surface area contributed by atoms with Gasteiger partial charge in [0, 0.05) is 19.0 Å². The molecule has 1 amide bonds. The number of aromatic carboxylic acids is 1. The van der Waals surface area contributed by atoms with Crippen molar-refractivity contribution in [2.45, 2.75) is 25.6 Å². The van der Waals surface area contributed by atoms with Gasteiger partial charge in [0.1, 0.15) is 17.5 Å². The van der Waals surface area contributed by atoms with Gasteiger partial charge in [0.2, 0.25) is 5.91 Å². The molecule has 6 nitrogen and oxygen atoms in total. The Bertz CT molecular complexity index is 506. The minimum absolute atomic E-state index is 0.0102. The maximum absolute atomic E-state index is 13.5. The Morgan fingerprint density at radius 1 is 1.35 bits per heavy atom. The first kappa shape index (κ1) is 16.1. The van der Waals surface area contributed by atoms with Crippen molar-refractivity contribution in [1.82, 2.24) is 5.32 Å². The molecule has 0 aromatic heterocycles. The first-order valence-corrected chi connectivity index (χ1v) is 5.97. The van der Waals surface area contributed by atoms with Gasteiger partial charge in [0.05, 0.1) is 6.10 Å². The average Bonchev–Trinajstić information content (AvgIpc) is 2.36. The van der Waals surface area contributed by atoms with E-state index in [1.165, 1.54) is 19.1 Å². The summed E-state index contributed by atoms with van der Waals surface area (Å²) in [5, 5.41) is 31.0. The zero-order chi connectivity index (χ0) is 15.3. The van der Waals surface area contributed by atoms with Crippen LogP contribution in [0, 0.1) is 5.82 Å². The second-order valence-electron chi connectivity index (χ2n) is 4.29. The number of hydrogen-bond donors (Lipinski definition) is 4. The molecule has 0 saturated carbocycles. The molecule has 0 aliphatic heterocycles. The van der Waals surface area contributed by atoms with E-state index in [0.717, 1.165) is 6.07 Å². The zero-order valence-corrected chi connectivity index (χ0v) is 10.8. The van der Waals surface area contributed by atoms with Crippen LogP contribution in [0.4, 0.5) is 4.39 Å². The Morgan fingerprint density at radius 2 is 2.00 bits per heavy atom. The zero-order valence-electron chi connectivity index (χ0n) is 10.8. The van der Waals surface area contributed by atoms with Crippen LogP contribution < -0.4 is 5.32 Å². The van der Waals surface area contributed by atoms with Crippen molar-refractivity contribution in [3.05, 3.63) is 35.1 Å². The van der Waals surface area contributed by atoms with Crippen LogP contribution in [0.3, 0.4) is 0 Å². The van der Waals surface area contributed by atoms with Crippen LogP contribution in [0.1, 0.15) is 35.4 Å². The van der Waals surface area contributed by atoms with E-state index in [-0.39, 0.29) is 24.4 Å². The Balaban J connectivity index is 2.86. The van der Waals surface area contributed by atoms with E-state index in [0.29, 0.717) is 0 Å². The molecule has 4 N–H and O–H groups in total. The summed E-state index contributed by atoms with van der Waals surface area (Å²) in [5.74, 6) is -2.79. The highest BCUT2D eigenvalue weighted by molar-refractivity contribution is 5.89. The number of halogens is 1. The van der Waals surface area contributed by atoms with Gasteiger partial charge in [-0.15, -0.1) is 0 Å². The third-order valence-electron chi connectivity index (χ3n) is 2.76. The minimum Gasteiger partial charge on any atom is -0.478 e. The largest absolute Gasteiger partial charge is 0.478 e. The van der Waals surface area contributed by atoms with E-state index in [9.17, 15) is 24.2 Å². The van der Waals surface area contributed by atoms with Crippen molar-refractivity contribution in [3.63, 3.8) is 0 Å². The molecule has 0 fully saturated rings. The van der Waals surface area contributed by atoms with E-state index in [1.807, 2.05) is 0 Å². The summed E-state index contributed by atoms with van der Waals surface area (Å²) in [7, 11) is 0. The van der Waals surface area contributed by atoms with Gasteiger partial charge in [0.15, 0.2) is 0 Å². The molecule has 1 rings (SSSR count). The van der Waals surface area contributed by atoms with Gasteiger partial charge in [-0.25, -0.2) is 9.18 Å². The quantitative estimate of drug-likeness (QED) is 0.607. The lowest BCUT2D eigenvalue weighted by molar-refractivity contribution is -0.119. The minimum atomic E-state index is -1.55. The number of rotatable bonds is 6. The van der Waals surface area contributed by atoms with Crippen molar-refractivity contribution >= 4 is 11.9 Å². The number of benzene rings is 1. The summed E-state index contributed by atoms with van der Waals surface area (Å²) in [6, 6.07) is 3.45. The Kier molecular flexibility index (Phi) is 5.60. The smallest absolute Gasteiger partial charge is 0.339 e. The van der Waals surface area contributed by atoms with Gasteiger partial charge in [-0.2, -0.15) is 0 Å². The van der Waals surface area contributed by atoms with Crippen LogP contribution in [0.5, 0.6) is 0 Å². The molecule has 2 atom stereocenters. The molecule has 0 aliphatic rings. The third kappa shape index (κ3) is 4.01. The van der Waals surface area contributed by atoms with Crippen molar-refractivity contribution in [2.24, 2.45) is 0 Å². The topological polar surface area (TPSA) is 107 Å². The van der Waals surface area contributed by atoms with Crippen LogP contribution in [-0.4, -0.2) is 39.8 Å². The maximum atomic E-state index is 13.5. The molecule has 7 heteroatoms. The molecule has 0 radical (unpaired) electrons. The van der Waals surface area contributed by atoms with Crippen molar-refractivity contribution in [2.75, 3.05) is 6.54 Å². The van der Waals surface area contributed by atoms with Gasteiger partial charge in [-0.05, 0) is 12.5 Å². The Morgan fingerprint density at radius 3 is 2.55 bits per heavy atom. The number of carboxylic acid groups (broad SMARTS) is 1. The fraction of sp³-hybridized carbons (Fsp3) is 0.385. The molecule has 110 valence electrons. The number of aliphatic hydroxyl groups is 2. The molecule has 0 spiro atoms. The normalized spacial score (nSPS) is 13.6. The summed E-state index contributed by atoms with van der Waals surface area (Å²) in [4.78, 5) is 21.7. The lowest BCUT2D eigenvalue weighted by Crippen LogP contribution is -2.28. The van der Waals surface area contributed by atoms with Gasteiger partial charge in [-0.3, -0.25) is 4.79 Å². The molecule has 20 heavy (non-hydrogen) atoms. The number of amides is 1. The number of hydrogen-bond acceptors (Lipinski definition) is 4. The third-order valence-corrected chi connectivity index (χ3v) is 2.76. The standard InChI is InChI=1S/C13H16FNO5/c1-7(16)15-6-5-10(17)12(18)8-3-2-4-9(14)11(8)13(19)20/h2-4,10,12,17-18H,5-6H2,1H3,(H,15,16)(H,19,20). The molecule has 0 bridgehead atoms. The molecular weight excluding hydrogens is 269 g/mol. The highest BCUT2D eigenvalue weighted by atomic mass is 19.1. The molecule has 0 heterocycles. The number of carboxylic acids is 1. The monoisotopic (exact) mass is 285 g/mol. The first-order chi connectivity index (χ1) is 9.34. The number of aliphatic hydroxyl groups excluding tert-OH is 2. The number of carbonyl (C=O) groups excluding carboxylic acids is 1. The molecule has 1 aromatic carbocycles. The number of carbonyl (C=O) groups is 2. The maximum Gasteiger partial charge on any atom is 0.339 e. The summed E-state index contributed by atoms with van der Waals surface area (Å²) < 4.78 is 13.5. The first-order valence-electron chi connectivity index (χ1n) is 5.97. The Hall–Kier alpha value is -1.99. The van der Waals surface area contributed by atoms with E-state index >= 15 is 0 Å². The number of nitrogens with one attached hydrogen (secondary N) is 1. The summed E-state index contributed by atoms with van der Waals surface area (Å²) in [6.45, 7) is 1.42. The van der Waals surface area contributed by atoms with E-state index in [4.69, 9.17) is 5.11 Å². The van der Waals surface area contributed by atoms with Crippen LogP contribution in [0.25, 0.3) is 0 Å². The van der Waals surface area contributed by atoms with Gasteiger partial charge < -0.3 is 20.6 Å². The fourth-order valence-corrected chi connectivity index (χ4v) is 1.77. The predicted octanol–water partition coefficient (Wildman–Crippen LogP) is 0.444. The van der Waals surface area contributed by atoms with Crippen LogP contribution >= 0.6 is 0 Å². The van der Waals surface area contributed by atoms with Crippen LogP contribution in [-0.2, 0) is 4.79 Å². The van der Waals surface area contributed by atoms with Gasteiger partial charge in [-0.1, -0.05) is 12.1 Å². The second kappa shape index (κ2) is 6.97. The summed E-state index contributed by atoms with van der Waals surface area (Å²) in [5.41, 5.74) is -0.869. The van der Waals surface area contributed by atoms with E-state index in [2.05, 4.69) is 5.32 Å². The fourth-order valence-electron chi connectivity index (χ4n) is 1.77. The lowest BCUT2D eigenvalue weighted by atomic mass is 9.96. The predicted molar refractivity (Wildman–Crippen MR) is 67.6 cm³/mol. The molecule has 2 unspecified atom stereocenters.